The van der Waals surface area contributed by atoms with Crippen molar-refractivity contribution in [1.29, 1.82) is 0 Å². The standard InChI is InChI=1S/C25H32N4O4S/c1-16(2)26-23(31)18-10-8-17(9-11-18)14-29-24(32)22-20(12-13-34-22)28(25(29)33)15-21(30)27-19-6-4-3-5-7-19/h3-7,12-13,16-18,20,22H,8-11,14-15H2,1-2H3,(H,26,31)(H,27,30). The zero-order chi connectivity index (χ0) is 24.2. The molecule has 1 saturated carbocycles. The smallest absolute Gasteiger partial charge is 0.327 e. The number of hydrogen-bond donors (Lipinski definition) is 2. The summed E-state index contributed by atoms with van der Waals surface area (Å²) in [6.07, 6.45) is 4.93. The van der Waals surface area contributed by atoms with Crippen molar-refractivity contribution in [3.8, 4) is 0 Å². The number of carbonyl (C=O) groups is 4. The Labute approximate surface area is 204 Å². The van der Waals surface area contributed by atoms with Crippen LogP contribution in [0.5, 0.6) is 0 Å². The minimum Gasteiger partial charge on any atom is -0.354 e. The van der Waals surface area contributed by atoms with Crippen molar-refractivity contribution in [3.63, 3.8) is 0 Å². The number of thioether (sulfide) groups is 1. The molecular weight excluding hydrogens is 452 g/mol. The molecule has 0 bridgehead atoms. The number of urea groups is 1. The Morgan fingerprint density at radius 1 is 1.09 bits per heavy atom. The molecule has 0 radical (unpaired) electrons. The highest BCUT2D eigenvalue weighted by atomic mass is 32.2. The highest BCUT2D eigenvalue weighted by Gasteiger charge is 2.48. The average molecular weight is 485 g/mol. The number of fused-ring (bicyclic) bond motifs is 1. The highest BCUT2D eigenvalue weighted by molar-refractivity contribution is 8.03. The largest absolute Gasteiger partial charge is 0.354 e. The second kappa shape index (κ2) is 10.6. The number of hydrogen-bond acceptors (Lipinski definition) is 5. The molecule has 9 heteroatoms. The van der Waals surface area contributed by atoms with Crippen LogP contribution < -0.4 is 10.6 Å². The molecule has 4 rings (SSSR count). The lowest BCUT2D eigenvalue weighted by atomic mass is 9.81. The van der Waals surface area contributed by atoms with Gasteiger partial charge in [0.25, 0.3) is 0 Å². The molecule has 2 fully saturated rings. The van der Waals surface area contributed by atoms with Crippen molar-refractivity contribution in [2.75, 3.05) is 18.4 Å². The second-order valence-electron chi connectivity index (χ2n) is 9.53. The van der Waals surface area contributed by atoms with E-state index in [1.54, 1.807) is 12.1 Å². The minimum absolute atomic E-state index is 0.0106. The summed E-state index contributed by atoms with van der Waals surface area (Å²) >= 11 is 1.40. The summed E-state index contributed by atoms with van der Waals surface area (Å²) in [5.41, 5.74) is 0.663. The van der Waals surface area contributed by atoms with Gasteiger partial charge in [-0.05, 0) is 63.0 Å². The number of imide groups is 1. The van der Waals surface area contributed by atoms with Crippen molar-refractivity contribution in [2.45, 2.75) is 56.9 Å². The fraction of sp³-hybridized carbons (Fsp3) is 0.520. The van der Waals surface area contributed by atoms with Gasteiger partial charge in [0.2, 0.25) is 17.7 Å². The molecule has 2 aliphatic heterocycles. The maximum atomic E-state index is 13.4. The van der Waals surface area contributed by atoms with E-state index in [1.165, 1.54) is 21.6 Å². The van der Waals surface area contributed by atoms with Gasteiger partial charge in [0, 0.05) is 24.2 Å². The van der Waals surface area contributed by atoms with Crippen LogP contribution in [0.4, 0.5) is 10.5 Å². The van der Waals surface area contributed by atoms with Gasteiger partial charge in [-0.2, -0.15) is 0 Å². The van der Waals surface area contributed by atoms with E-state index in [4.69, 9.17) is 0 Å². The molecule has 1 saturated heterocycles. The van der Waals surface area contributed by atoms with Gasteiger partial charge in [-0.15, -0.1) is 11.8 Å². The zero-order valence-corrected chi connectivity index (χ0v) is 20.4. The van der Waals surface area contributed by atoms with Crippen molar-refractivity contribution in [1.82, 2.24) is 15.1 Å². The Hall–Kier alpha value is -2.81. The average Bonchev–Trinajstić information content (AvgIpc) is 3.30. The van der Waals surface area contributed by atoms with E-state index in [0.29, 0.717) is 12.2 Å². The van der Waals surface area contributed by atoms with E-state index in [9.17, 15) is 19.2 Å². The Morgan fingerprint density at radius 3 is 2.47 bits per heavy atom. The van der Waals surface area contributed by atoms with Crippen LogP contribution in [0.15, 0.2) is 41.8 Å². The second-order valence-corrected chi connectivity index (χ2v) is 10.6. The first-order valence-corrected chi connectivity index (χ1v) is 12.9. The third kappa shape index (κ3) is 5.46. The first kappa shape index (κ1) is 24.3. The molecule has 5 amide bonds. The van der Waals surface area contributed by atoms with Crippen LogP contribution >= 0.6 is 11.8 Å². The predicted octanol–water partition coefficient (Wildman–Crippen LogP) is 3.22. The van der Waals surface area contributed by atoms with E-state index in [0.717, 1.165) is 25.7 Å². The summed E-state index contributed by atoms with van der Waals surface area (Å²) in [4.78, 5) is 54.4. The number of para-hydroxylation sites is 1. The zero-order valence-electron chi connectivity index (χ0n) is 19.6. The van der Waals surface area contributed by atoms with Crippen molar-refractivity contribution in [2.24, 2.45) is 11.8 Å². The number of rotatable bonds is 7. The molecule has 0 aromatic heterocycles. The lowest BCUT2D eigenvalue weighted by Crippen LogP contribution is -2.63. The molecule has 2 heterocycles. The Balaban J connectivity index is 1.39. The monoisotopic (exact) mass is 484 g/mol. The summed E-state index contributed by atoms with van der Waals surface area (Å²) in [7, 11) is 0. The van der Waals surface area contributed by atoms with Crippen LogP contribution in [0.1, 0.15) is 39.5 Å². The summed E-state index contributed by atoms with van der Waals surface area (Å²) in [6, 6.07) is 8.38. The van der Waals surface area contributed by atoms with Gasteiger partial charge >= 0.3 is 6.03 Å². The van der Waals surface area contributed by atoms with Crippen LogP contribution in [0.25, 0.3) is 0 Å². The molecule has 2 N–H and O–H groups in total. The quantitative estimate of drug-likeness (QED) is 0.619. The predicted molar refractivity (Wildman–Crippen MR) is 132 cm³/mol. The van der Waals surface area contributed by atoms with E-state index in [2.05, 4.69) is 10.6 Å². The molecule has 8 nitrogen and oxygen atoms in total. The van der Waals surface area contributed by atoms with E-state index in [1.807, 2.05) is 43.5 Å². The minimum atomic E-state index is -0.421. The number of anilines is 1. The summed E-state index contributed by atoms with van der Waals surface area (Å²) < 4.78 is 0. The normalized spacial score (nSPS) is 26.6. The molecular formula is C25H32N4O4S. The van der Waals surface area contributed by atoms with Gasteiger partial charge < -0.3 is 15.5 Å². The molecule has 182 valence electrons. The summed E-state index contributed by atoms with van der Waals surface area (Å²) in [5, 5.41) is 7.22. The molecule has 1 aliphatic carbocycles. The van der Waals surface area contributed by atoms with Crippen molar-refractivity contribution in [3.05, 3.63) is 41.8 Å². The highest BCUT2D eigenvalue weighted by Crippen LogP contribution is 2.36. The third-order valence-corrected chi connectivity index (χ3v) is 7.71. The van der Waals surface area contributed by atoms with E-state index >= 15 is 0 Å². The van der Waals surface area contributed by atoms with Gasteiger partial charge in [0.15, 0.2) is 0 Å². The third-order valence-electron chi connectivity index (χ3n) is 6.62. The lowest BCUT2D eigenvalue weighted by molar-refractivity contribution is -0.133. The van der Waals surface area contributed by atoms with Gasteiger partial charge in [-0.1, -0.05) is 24.3 Å². The van der Waals surface area contributed by atoms with Gasteiger partial charge in [0.05, 0.1) is 6.04 Å². The maximum Gasteiger partial charge on any atom is 0.327 e. The maximum absolute atomic E-state index is 13.4. The van der Waals surface area contributed by atoms with E-state index < -0.39 is 17.3 Å². The molecule has 3 aliphatic rings. The first-order chi connectivity index (χ1) is 16.3. The van der Waals surface area contributed by atoms with Crippen LogP contribution in [-0.2, 0) is 14.4 Å². The molecule has 34 heavy (non-hydrogen) atoms. The van der Waals surface area contributed by atoms with Gasteiger partial charge in [-0.3, -0.25) is 19.3 Å². The SMILES string of the molecule is CC(C)NC(=O)C1CCC(CN2C(=O)C3SC=CC3N(CC(=O)Nc3ccccc3)C2=O)CC1. The van der Waals surface area contributed by atoms with Crippen LogP contribution in [0.2, 0.25) is 0 Å². The van der Waals surface area contributed by atoms with Crippen LogP contribution in [-0.4, -0.2) is 64.0 Å². The Kier molecular flexibility index (Phi) is 7.60. The number of benzene rings is 1. The first-order valence-electron chi connectivity index (χ1n) is 11.9. The lowest BCUT2D eigenvalue weighted by Gasteiger charge is -2.42. The van der Waals surface area contributed by atoms with Crippen molar-refractivity contribution >= 4 is 41.2 Å². The molecule has 1 aromatic carbocycles. The van der Waals surface area contributed by atoms with E-state index in [-0.39, 0.29) is 42.1 Å². The van der Waals surface area contributed by atoms with Crippen LogP contribution in [0.3, 0.4) is 0 Å². The molecule has 1 aromatic rings. The van der Waals surface area contributed by atoms with Crippen molar-refractivity contribution < 1.29 is 19.2 Å². The topological polar surface area (TPSA) is 98.8 Å². The number of nitrogens with one attached hydrogen (secondary N) is 2. The van der Waals surface area contributed by atoms with Crippen LogP contribution in [0, 0.1) is 11.8 Å². The molecule has 2 unspecified atom stereocenters. The number of amides is 5. The number of nitrogens with zero attached hydrogens (tertiary/aromatic N) is 2. The summed E-state index contributed by atoms with van der Waals surface area (Å²) in [6.45, 7) is 4.11. The molecule has 2 atom stereocenters. The Morgan fingerprint density at radius 2 is 1.79 bits per heavy atom. The molecule has 0 spiro atoms. The number of carbonyl (C=O) groups excluding carboxylic acids is 4. The summed E-state index contributed by atoms with van der Waals surface area (Å²) in [5.74, 6) is -0.250. The Bertz CT molecular complexity index is 959. The fourth-order valence-electron chi connectivity index (χ4n) is 4.88. The fourth-order valence-corrected chi connectivity index (χ4v) is 5.94. The van der Waals surface area contributed by atoms with Gasteiger partial charge in [0.1, 0.15) is 11.8 Å². The van der Waals surface area contributed by atoms with Gasteiger partial charge in [-0.25, -0.2) is 4.79 Å².